The van der Waals surface area contributed by atoms with E-state index in [4.69, 9.17) is 4.74 Å². The number of benzene rings is 1. The molecule has 4 nitrogen and oxygen atoms in total. The monoisotopic (exact) mass is 281 g/mol. The van der Waals surface area contributed by atoms with E-state index in [1.165, 1.54) is 0 Å². The number of hydrogen-bond donors (Lipinski definition) is 2. The van der Waals surface area contributed by atoms with Gasteiger partial charge in [0, 0.05) is 22.4 Å². The molecule has 1 aromatic carbocycles. The largest absolute Gasteiger partial charge is 0.497 e. The number of aromatic nitrogens is 2. The van der Waals surface area contributed by atoms with Crippen molar-refractivity contribution in [3.8, 4) is 5.75 Å². The fourth-order valence-corrected chi connectivity index (χ4v) is 1.83. The predicted octanol–water partition coefficient (Wildman–Crippen LogP) is 2.79. The number of aromatic amines is 1. The number of halogens is 1. The summed E-state index contributed by atoms with van der Waals surface area (Å²) in [4.78, 5) is 6.99. The number of hydrogen-bond acceptors (Lipinski definition) is 3. The zero-order valence-corrected chi connectivity index (χ0v) is 10.4. The van der Waals surface area contributed by atoms with Gasteiger partial charge in [-0.2, -0.15) is 0 Å². The van der Waals surface area contributed by atoms with E-state index in [1.807, 2.05) is 18.2 Å². The standard InChI is InChI=1S/C11H12BrN3O/c1-16-11-3-8(12)2-9(4-11)14-6-10-5-13-7-15-10/h2-5,7,14H,6H2,1H3,(H,13,15). The number of imidazole rings is 1. The smallest absolute Gasteiger partial charge is 0.122 e. The van der Waals surface area contributed by atoms with Gasteiger partial charge in [-0.3, -0.25) is 0 Å². The van der Waals surface area contributed by atoms with Crippen LogP contribution in [0.4, 0.5) is 5.69 Å². The van der Waals surface area contributed by atoms with Crippen LogP contribution >= 0.6 is 15.9 Å². The number of H-pyrrole nitrogens is 1. The number of anilines is 1. The van der Waals surface area contributed by atoms with Gasteiger partial charge >= 0.3 is 0 Å². The molecule has 0 unspecified atom stereocenters. The van der Waals surface area contributed by atoms with Gasteiger partial charge in [-0.15, -0.1) is 0 Å². The Morgan fingerprint density at radius 3 is 3.00 bits per heavy atom. The second kappa shape index (κ2) is 5.03. The van der Waals surface area contributed by atoms with Crippen LogP contribution in [0.5, 0.6) is 5.75 Å². The van der Waals surface area contributed by atoms with Crippen LogP contribution in [0.15, 0.2) is 35.2 Å². The first-order valence-electron chi connectivity index (χ1n) is 4.83. The average molecular weight is 282 g/mol. The lowest BCUT2D eigenvalue weighted by molar-refractivity contribution is 0.414. The Morgan fingerprint density at radius 2 is 2.31 bits per heavy atom. The zero-order chi connectivity index (χ0) is 11.4. The second-order valence-corrected chi connectivity index (χ2v) is 4.23. The highest BCUT2D eigenvalue weighted by molar-refractivity contribution is 9.10. The third kappa shape index (κ3) is 2.76. The second-order valence-electron chi connectivity index (χ2n) is 3.31. The van der Waals surface area contributed by atoms with E-state index in [2.05, 4.69) is 31.2 Å². The van der Waals surface area contributed by atoms with Crippen LogP contribution in [0.25, 0.3) is 0 Å². The molecule has 2 rings (SSSR count). The minimum Gasteiger partial charge on any atom is -0.497 e. The zero-order valence-electron chi connectivity index (χ0n) is 8.83. The fraction of sp³-hybridized carbons (Fsp3) is 0.182. The lowest BCUT2D eigenvalue weighted by Crippen LogP contribution is -1.99. The van der Waals surface area contributed by atoms with Gasteiger partial charge in [-0.25, -0.2) is 4.98 Å². The fourth-order valence-electron chi connectivity index (χ4n) is 1.36. The van der Waals surface area contributed by atoms with Gasteiger partial charge in [0.2, 0.25) is 0 Å². The molecule has 0 saturated heterocycles. The quantitative estimate of drug-likeness (QED) is 0.906. The molecule has 0 amide bonds. The summed E-state index contributed by atoms with van der Waals surface area (Å²) in [5.41, 5.74) is 2.04. The van der Waals surface area contributed by atoms with E-state index in [0.717, 1.165) is 21.6 Å². The van der Waals surface area contributed by atoms with E-state index in [-0.39, 0.29) is 0 Å². The summed E-state index contributed by atoms with van der Waals surface area (Å²) < 4.78 is 6.17. The summed E-state index contributed by atoms with van der Waals surface area (Å²) in [5.74, 6) is 0.821. The maximum absolute atomic E-state index is 5.18. The first-order valence-corrected chi connectivity index (χ1v) is 5.63. The van der Waals surface area contributed by atoms with Crippen LogP contribution in [0, 0.1) is 0 Å². The highest BCUT2D eigenvalue weighted by Crippen LogP contribution is 2.24. The minimum absolute atomic E-state index is 0.708. The molecule has 0 aliphatic carbocycles. The molecule has 2 N–H and O–H groups in total. The van der Waals surface area contributed by atoms with Crippen molar-refractivity contribution in [1.82, 2.24) is 9.97 Å². The van der Waals surface area contributed by atoms with Crippen LogP contribution in [0.2, 0.25) is 0 Å². The lowest BCUT2D eigenvalue weighted by atomic mass is 10.3. The first-order chi connectivity index (χ1) is 7.78. The highest BCUT2D eigenvalue weighted by atomic mass is 79.9. The van der Waals surface area contributed by atoms with Crippen LogP contribution in [-0.4, -0.2) is 17.1 Å². The summed E-state index contributed by atoms with van der Waals surface area (Å²) in [6, 6.07) is 5.86. The van der Waals surface area contributed by atoms with Crippen molar-refractivity contribution in [2.75, 3.05) is 12.4 Å². The summed E-state index contributed by atoms with van der Waals surface area (Å²) in [5, 5.41) is 3.28. The number of methoxy groups -OCH3 is 1. The van der Waals surface area contributed by atoms with Gasteiger partial charge in [0.15, 0.2) is 0 Å². The SMILES string of the molecule is COc1cc(Br)cc(NCc2cnc[nH]2)c1. The Kier molecular flexibility index (Phi) is 3.46. The molecule has 84 valence electrons. The molecule has 0 spiro atoms. The van der Waals surface area contributed by atoms with E-state index in [0.29, 0.717) is 6.54 Å². The summed E-state index contributed by atoms with van der Waals surface area (Å²) in [6.45, 7) is 0.708. The van der Waals surface area contributed by atoms with Crippen molar-refractivity contribution in [3.05, 3.63) is 40.9 Å². The maximum Gasteiger partial charge on any atom is 0.122 e. The lowest BCUT2D eigenvalue weighted by Gasteiger charge is -2.08. The Labute approximate surface area is 102 Å². The average Bonchev–Trinajstić information content (AvgIpc) is 2.78. The number of rotatable bonds is 4. The molecule has 0 radical (unpaired) electrons. The molecule has 0 bridgehead atoms. The van der Waals surface area contributed by atoms with Crippen LogP contribution in [0.3, 0.4) is 0 Å². The Hall–Kier alpha value is -1.49. The Bertz CT molecular complexity index is 456. The van der Waals surface area contributed by atoms with Gasteiger partial charge in [0.1, 0.15) is 5.75 Å². The molecule has 0 aliphatic heterocycles. The summed E-state index contributed by atoms with van der Waals surface area (Å²) >= 11 is 3.43. The van der Waals surface area contributed by atoms with E-state index >= 15 is 0 Å². The normalized spacial score (nSPS) is 10.1. The molecule has 0 fully saturated rings. The number of ether oxygens (including phenoxy) is 1. The van der Waals surface area contributed by atoms with Crippen molar-refractivity contribution < 1.29 is 4.74 Å². The number of nitrogens with one attached hydrogen (secondary N) is 2. The minimum atomic E-state index is 0.708. The number of nitrogens with zero attached hydrogens (tertiary/aromatic N) is 1. The highest BCUT2D eigenvalue weighted by Gasteiger charge is 2.00. The van der Waals surface area contributed by atoms with Crippen LogP contribution < -0.4 is 10.1 Å². The summed E-state index contributed by atoms with van der Waals surface area (Å²) in [6.07, 6.45) is 3.46. The Balaban J connectivity index is 2.06. The third-order valence-corrected chi connectivity index (χ3v) is 2.60. The van der Waals surface area contributed by atoms with E-state index < -0.39 is 0 Å². The molecule has 1 aromatic heterocycles. The van der Waals surface area contributed by atoms with Gasteiger partial charge in [-0.05, 0) is 12.1 Å². The van der Waals surface area contributed by atoms with Crippen molar-refractivity contribution in [2.24, 2.45) is 0 Å². The third-order valence-electron chi connectivity index (χ3n) is 2.14. The molecule has 0 aliphatic rings. The molecular formula is C11H12BrN3O. The van der Waals surface area contributed by atoms with Crippen LogP contribution in [0.1, 0.15) is 5.69 Å². The van der Waals surface area contributed by atoms with Crippen molar-refractivity contribution in [1.29, 1.82) is 0 Å². The molecule has 0 saturated carbocycles. The molecule has 16 heavy (non-hydrogen) atoms. The summed E-state index contributed by atoms with van der Waals surface area (Å²) in [7, 11) is 1.65. The maximum atomic E-state index is 5.18. The van der Waals surface area contributed by atoms with E-state index in [1.54, 1.807) is 19.6 Å². The van der Waals surface area contributed by atoms with Crippen molar-refractivity contribution in [2.45, 2.75) is 6.54 Å². The predicted molar refractivity (Wildman–Crippen MR) is 66.6 cm³/mol. The van der Waals surface area contributed by atoms with Gasteiger partial charge in [0.05, 0.1) is 25.7 Å². The molecule has 0 atom stereocenters. The van der Waals surface area contributed by atoms with Gasteiger partial charge in [-0.1, -0.05) is 15.9 Å². The van der Waals surface area contributed by atoms with E-state index in [9.17, 15) is 0 Å². The van der Waals surface area contributed by atoms with Crippen molar-refractivity contribution in [3.63, 3.8) is 0 Å². The van der Waals surface area contributed by atoms with Gasteiger partial charge in [0.25, 0.3) is 0 Å². The Morgan fingerprint density at radius 1 is 1.44 bits per heavy atom. The first kappa shape index (κ1) is 11.0. The molecule has 1 heterocycles. The topological polar surface area (TPSA) is 49.9 Å². The van der Waals surface area contributed by atoms with Gasteiger partial charge < -0.3 is 15.0 Å². The molecule has 2 aromatic rings. The molecular weight excluding hydrogens is 270 g/mol. The van der Waals surface area contributed by atoms with Crippen LogP contribution in [-0.2, 0) is 6.54 Å². The molecule has 5 heteroatoms. The van der Waals surface area contributed by atoms with Crippen molar-refractivity contribution >= 4 is 21.6 Å².